The fraction of sp³-hybridized carbons (Fsp3) is 0.217. The van der Waals surface area contributed by atoms with Crippen molar-refractivity contribution in [3.05, 3.63) is 71.3 Å². The van der Waals surface area contributed by atoms with Crippen LogP contribution in [0.5, 0.6) is 0 Å². The van der Waals surface area contributed by atoms with Gasteiger partial charge in [-0.15, -0.1) is 0 Å². The normalized spacial score (nSPS) is 15.1. The topological polar surface area (TPSA) is 101 Å². The number of piperidine rings is 1. The number of hydrogen-bond donors (Lipinski definition) is 3. The van der Waals surface area contributed by atoms with Gasteiger partial charge in [0.1, 0.15) is 11.6 Å². The smallest absolute Gasteiger partial charge is 0.252 e. The second-order valence-electron chi connectivity index (χ2n) is 7.49. The molecule has 1 amide bonds. The largest absolute Gasteiger partial charge is 0.365 e. The van der Waals surface area contributed by atoms with E-state index in [0.717, 1.165) is 54.3 Å². The number of nitrogens with two attached hydrogens (primary N) is 2. The molecule has 0 bridgehead atoms. The van der Waals surface area contributed by atoms with E-state index in [9.17, 15) is 9.18 Å². The summed E-state index contributed by atoms with van der Waals surface area (Å²) in [7, 11) is 0. The highest BCUT2D eigenvalue weighted by Crippen LogP contribution is 2.29. The summed E-state index contributed by atoms with van der Waals surface area (Å²) in [5.74, 6) is 0.00763. The van der Waals surface area contributed by atoms with Gasteiger partial charge < -0.3 is 21.4 Å². The third-order valence-electron chi connectivity index (χ3n) is 5.33. The minimum absolute atomic E-state index is 0.198. The van der Waals surface area contributed by atoms with Gasteiger partial charge in [-0.25, -0.2) is 4.39 Å². The van der Waals surface area contributed by atoms with Crippen molar-refractivity contribution in [2.45, 2.75) is 18.9 Å². The molecule has 0 aliphatic carbocycles. The highest BCUT2D eigenvalue weighted by Gasteiger charge is 2.23. The summed E-state index contributed by atoms with van der Waals surface area (Å²) in [6, 6.07) is 12.0. The van der Waals surface area contributed by atoms with Crippen LogP contribution in [-0.4, -0.2) is 35.0 Å². The van der Waals surface area contributed by atoms with Crippen molar-refractivity contribution in [2.24, 2.45) is 11.5 Å². The SMILES string of the molecule is NC(=O)c1cc(-c2ccnc(/C=C/c3ccc(F)cc3)c2)[nH]c1N1CCC(N)CC1. The number of carbonyl (C=O) groups excluding carboxylic acids is 1. The van der Waals surface area contributed by atoms with E-state index in [1.54, 1.807) is 24.4 Å². The van der Waals surface area contributed by atoms with Crippen LogP contribution in [0.3, 0.4) is 0 Å². The Kier molecular flexibility index (Phi) is 5.63. The lowest BCUT2D eigenvalue weighted by Gasteiger charge is -2.31. The average Bonchev–Trinajstić information content (AvgIpc) is 3.20. The molecule has 0 radical (unpaired) electrons. The number of nitrogens with one attached hydrogen (secondary N) is 1. The predicted molar refractivity (Wildman–Crippen MR) is 117 cm³/mol. The molecule has 1 aliphatic rings. The number of aromatic amines is 1. The van der Waals surface area contributed by atoms with Crippen LogP contribution in [0, 0.1) is 5.82 Å². The Balaban J connectivity index is 1.61. The number of anilines is 1. The number of halogens is 1. The lowest BCUT2D eigenvalue weighted by Crippen LogP contribution is -2.40. The molecule has 0 unspecified atom stereocenters. The van der Waals surface area contributed by atoms with Crippen molar-refractivity contribution in [3.8, 4) is 11.3 Å². The quantitative estimate of drug-likeness (QED) is 0.605. The number of benzene rings is 1. The van der Waals surface area contributed by atoms with Gasteiger partial charge in [0, 0.05) is 36.6 Å². The second-order valence-corrected chi connectivity index (χ2v) is 7.49. The van der Waals surface area contributed by atoms with Crippen LogP contribution in [0.15, 0.2) is 48.7 Å². The summed E-state index contributed by atoms with van der Waals surface area (Å²) in [5, 5.41) is 0. The average molecular weight is 405 g/mol. The zero-order valence-corrected chi connectivity index (χ0v) is 16.5. The van der Waals surface area contributed by atoms with E-state index < -0.39 is 5.91 Å². The first-order valence-corrected chi connectivity index (χ1v) is 9.93. The Morgan fingerprint density at radius 1 is 1.13 bits per heavy atom. The fourth-order valence-electron chi connectivity index (χ4n) is 3.62. The van der Waals surface area contributed by atoms with Crippen molar-refractivity contribution in [1.29, 1.82) is 0 Å². The number of rotatable bonds is 5. The molecule has 0 atom stereocenters. The van der Waals surface area contributed by atoms with Gasteiger partial charge in [-0.3, -0.25) is 9.78 Å². The van der Waals surface area contributed by atoms with Crippen LogP contribution in [-0.2, 0) is 0 Å². The maximum atomic E-state index is 13.1. The van der Waals surface area contributed by atoms with E-state index in [1.165, 1.54) is 12.1 Å². The van der Waals surface area contributed by atoms with Crippen molar-refractivity contribution in [1.82, 2.24) is 9.97 Å². The van der Waals surface area contributed by atoms with Gasteiger partial charge in [0.05, 0.1) is 11.3 Å². The molecule has 30 heavy (non-hydrogen) atoms. The maximum absolute atomic E-state index is 13.1. The van der Waals surface area contributed by atoms with E-state index >= 15 is 0 Å². The van der Waals surface area contributed by atoms with Crippen LogP contribution in [0.4, 0.5) is 10.2 Å². The molecule has 7 heteroatoms. The number of H-pyrrole nitrogens is 1. The molecule has 0 saturated carbocycles. The molecule has 1 fully saturated rings. The van der Waals surface area contributed by atoms with E-state index in [0.29, 0.717) is 5.56 Å². The fourth-order valence-corrected chi connectivity index (χ4v) is 3.62. The zero-order chi connectivity index (χ0) is 21.1. The van der Waals surface area contributed by atoms with E-state index in [1.807, 2.05) is 24.3 Å². The number of hydrogen-bond acceptors (Lipinski definition) is 4. The predicted octanol–water partition coefficient (Wildman–Crippen LogP) is 3.41. The third kappa shape index (κ3) is 4.41. The van der Waals surface area contributed by atoms with Crippen LogP contribution in [0.2, 0.25) is 0 Å². The molecule has 1 aromatic carbocycles. The monoisotopic (exact) mass is 405 g/mol. The lowest BCUT2D eigenvalue weighted by atomic mass is 10.1. The Labute approximate surface area is 174 Å². The molecular formula is C23H24FN5O. The summed E-state index contributed by atoms with van der Waals surface area (Å²) in [5.41, 5.74) is 15.4. The van der Waals surface area contributed by atoms with Gasteiger partial charge in [-0.2, -0.15) is 0 Å². The number of aromatic nitrogens is 2. The Morgan fingerprint density at radius 3 is 2.57 bits per heavy atom. The van der Waals surface area contributed by atoms with Gasteiger partial charge in [0.2, 0.25) is 0 Å². The molecule has 3 heterocycles. The second kappa shape index (κ2) is 8.51. The molecule has 6 nitrogen and oxygen atoms in total. The number of amides is 1. The van der Waals surface area contributed by atoms with Crippen molar-refractivity contribution < 1.29 is 9.18 Å². The summed E-state index contributed by atoms with van der Waals surface area (Å²) < 4.78 is 13.1. The zero-order valence-electron chi connectivity index (χ0n) is 16.5. The molecule has 3 aromatic rings. The standard InChI is InChI=1S/C23H24FN5O/c24-17-4-1-15(2-5-17)3-6-19-13-16(7-10-27-19)21-14-20(22(26)30)23(28-21)29-11-8-18(25)9-12-29/h1-7,10,13-14,18,28H,8-9,11-12,25H2,(H2,26,30)/b6-3+. The molecule has 154 valence electrons. The van der Waals surface area contributed by atoms with Gasteiger partial charge >= 0.3 is 0 Å². The highest BCUT2D eigenvalue weighted by molar-refractivity contribution is 5.99. The van der Waals surface area contributed by atoms with Gasteiger partial charge in [-0.05, 0) is 54.8 Å². The van der Waals surface area contributed by atoms with Crippen LogP contribution in [0.25, 0.3) is 23.4 Å². The lowest BCUT2D eigenvalue weighted by molar-refractivity contribution is 0.100. The summed E-state index contributed by atoms with van der Waals surface area (Å²) in [6.07, 6.45) is 7.20. The molecule has 1 saturated heterocycles. The number of nitrogens with zero attached hydrogens (tertiary/aromatic N) is 2. The first kappa shape index (κ1) is 19.8. The number of primary amides is 1. The van der Waals surface area contributed by atoms with Gasteiger partial charge in [0.25, 0.3) is 5.91 Å². The van der Waals surface area contributed by atoms with E-state index in [2.05, 4.69) is 14.9 Å². The summed E-state index contributed by atoms with van der Waals surface area (Å²) in [6.45, 7) is 1.56. The van der Waals surface area contributed by atoms with Crippen LogP contribution in [0.1, 0.15) is 34.5 Å². The molecule has 4 rings (SSSR count). The molecule has 1 aliphatic heterocycles. The minimum Gasteiger partial charge on any atom is -0.365 e. The van der Waals surface area contributed by atoms with Crippen molar-refractivity contribution in [3.63, 3.8) is 0 Å². The van der Waals surface area contributed by atoms with E-state index in [4.69, 9.17) is 11.5 Å². The molecule has 0 spiro atoms. The van der Waals surface area contributed by atoms with Crippen molar-refractivity contribution in [2.75, 3.05) is 18.0 Å². The molecular weight excluding hydrogens is 381 g/mol. The molecule has 5 N–H and O–H groups in total. The third-order valence-corrected chi connectivity index (χ3v) is 5.33. The summed E-state index contributed by atoms with van der Waals surface area (Å²) >= 11 is 0. The van der Waals surface area contributed by atoms with Crippen LogP contribution < -0.4 is 16.4 Å². The van der Waals surface area contributed by atoms with Crippen LogP contribution >= 0.6 is 0 Å². The van der Waals surface area contributed by atoms with Gasteiger partial charge in [-0.1, -0.05) is 18.2 Å². The van der Waals surface area contributed by atoms with Gasteiger partial charge in [0.15, 0.2) is 0 Å². The minimum atomic E-state index is -0.465. The maximum Gasteiger partial charge on any atom is 0.252 e. The first-order valence-electron chi connectivity index (χ1n) is 9.93. The van der Waals surface area contributed by atoms with E-state index in [-0.39, 0.29) is 11.9 Å². The Bertz CT molecular complexity index is 1070. The van der Waals surface area contributed by atoms with Crippen molar-refractivity contribution >= 4 is 23.9 Å². The number of pyridine rings is 1. The Hall–Kier alpha value is -3.45. The molecule has 2 aromatic heterocycles. The first-order chi connectivity index (χ1) is 14.5. The highest BCUT2D eigenvalue weighted by atomic mass is 19.1. The Morgan fingerprint density at radius 2 is 1.87 bits per heavy atom. The summed E-state index contributed by atoms with van der Waals surface area (Å²) in [4.78, 5) is 21.9. The number of carbonyl (C=O) groups is 1.